The van der Waals surface area contributed by atoms with E-state index in [1.807, 2.05) is 0 Å². The lowest BCUT2D eigenvalue weighted by molar-refractivity contribution is 0.598. The summed E-state index contributed by atoms with van der Waals surface area (Å²) in [6.07, 6.45) is 3.02. The van der Waals surface area contributed by atoms with Gasteiger partial charge < -0.3 is 10.6 Å². The summed E-state index contributed by atoms with van der Waals surface area (Å²) in [5.74, 6) is 0.782. The third-order valence-corrected chi connectivity index (χ3v) is 3.93. The summed E-state index contributed by atoms with van der Waals surface area (Å²) in [5.41, 5.74) is 1.04. The van der Waals surface area contributed by atoms with Gasteiger partial charge in [0.25, 0.3) is 0 Å². The SMILES string of the molecule is CCCCNC(=NC)NCCc1ccc(S(N)(=O)=O)cc1.I. The van der Waals surface area contributed by atoms with Crippen molar-refractivity contribution in [1.29, 1.82) is 0 Å². The molecule has 6 nitrogen and oxygen atoms in total. The second-order valence-corrected chi connectivity index (χ2v) is 6.28. The number of halogens is 1. The molecule has 0 unspecified atom stereocenters. The van der Waals surface area contributed by atoms with Gasteiger partial charge in [0.1, 0.15) is 0 Å². The molecule has 4 N–H and O–H groups in total. The van der Waals surface area contributed by atoms with Gasteiger partial charge in [-0.25, -0.2) is 13.6 Å². The minimum atomic E-state index is -3.62. The molecule has 1 aromatic rings. The van der Waals surface area contributed by atoms with Crippen LogP contribution in [-0.4, -0.2) is 34.5 Å². The average Bonchev–Trinajstić information content (AvgIpc) is 2.45. The highest BCUT2D eigenvalue weighted by atomic mass is 127. The Morgan fingerprint density at radius 1 is 1.18 bits per heavy atom. The summed E-state index contributed by atoms with van der Waals surface area (Å²) in [5, 5.41) is 11.5. The van der Waals surface area contributed by atoms with Crippen molar-refractivity contribution < 1.29 is 8.42 Å². The van der Waals surface area contributed by atoms with Crippen molar-refractivity contribution in [3.05, 3.63) is 29.8 Å². The third-order valence-electron chi connectivity index (χ3n) is 3.00. The van der Waals surface area contributed by atoms with Crippen LogP contribution in [0.2, 0.25) is 0 Å². The number of unbranched alkanes of at least 4 members (excludes halogenated alkanes) is 1. The van der Waals surface area contributed by atoms with E-state index in [0.717, 1.165) is 43.9 Å². The van der Waals surface area contributed by atoms with Crippen molar-refractivity contribution >= 4 is 40.0 Å². The molecule has 0 saturated carbocycles. The predicted octanol–water partition coefficient (Wildman–Crippen LogP) is 1.46. The van der Waals surface area contributed by atoms with Crippen molar-refractivity contribution in [1.82, 2.24) is 10.6 Å². The van der Waals surface area contributed by atoms with Crippen LogP contribution < -0.4 is 15.8 Å². The lowest BCUT2D eigenvalue weighted by atomic mass is 10.1. The van der Waals surface area contributed by atoms with Crippen molar-refractivity contribution in [2.24, 2.45) is 10.1 Å². The molecule has 0 aliphatic heterocycles. The summed E-state index contributed by atoms with van der Waals surface area (Å²) in [7, 11) is -1.88. The third kappa shape index (κ3) is 7.95. The van der Waals surface area contributed by atoms with Crippen LogP contribution in [0.1, 0.15) is 25.3 Å². The van der Waals surface area contributed by atoms with Gasteiger partial charge in [0.15, 0.2) is 5.96 Å². The fraction of sp³-hybridized carbons (Fsp3) is 0.500. The van der Waals surface area contributed by atoms with Crippen LogP contribution in [0.15, 0.2) is 34.2 Å². The Labute approximate surface area is 150 Å². The Morgan fingerprint density at radius 3 is 2.27 bits per heavy atom. The number of aliphatic imine (C=N–C) groups is 1. The van der Waals surface area contributed by atoms with E-state index in [9.17, 15) is 8.42 Å². The second-order valence-electron chi connectivity index (χ2n) is 4.72. The molecule has 0 radical (unpaired) electrons. The highest BCUT2D eigenvalue weighted by Crippen LogP contribution is 2.08. The summed E-state index contributed by atoms with van der Waals surface area (Å²) >= 11 is 0. The van der Waals surface area contributed by atoms with Crippen molar-refractivity contribution in [2.45, 2.75) is 31.1 Å². The summed E-state index contributed by atoms with van der Waals surface area (Å²) in [6, 6.07) is 6.60. The Kier molecular flexibility index (Phi) is 10.4. The molecule has 0 heterocycles. The zero-order chi connectivity index (χ0) is 15.7. The maximum atomic E-state index is 11.2. The van der Waals surface area contributed by atoms with E-state index in [1.54, 1.807) is 19.2 Å². The van der Waals surface area contributed by atoms with E-state index in [-0.39, 0.29) is 28.9 Å². The molecule has 0 spiro atoms. The van der Waals surface area contributed by atoms with Crippen LogP contribution in [0.5, 0.6) is 0 Å². The zero-order valence-corrected chi connectivity index (χ0v) is 16.1. The van der Waals surface area contributed by atoms with Gasteiger partial charge >= 0.3 is 0 Å². The standard InChI is InChI=1S/C14H24N4O2S.HI/c1-3-4-10-17-14(16-2)18-11-9-12-5-7-13(8-6-12)21(15,19)20;/h5-8H,3-4,9-11H2,1-2H3,(H2,15,19,20)(H2,16,17,18);1H. The van der Waals surface area contributed by atoms with E-state index in [4.69, 9.17) is 5.14 Å². The normalized spacial score (nSPS) is 11.7. The van der Waals surface area contributed by atoms with Crippen molar-refractivity contribution in [3.8, 4) is 0 Å². The fourth-order valence-electron chi connectivity index (χ4n) is 1.78. The summed E-state index contributed by atoms with van der Waals surface area (Å²) < 4.78 is 22.3. The van der Waals surface area contributed by atoms with Crippen molar-refractivity contribution in [2.75, 3.05) is 20.1 Å². The Morgan fingerprint density at radius 2 is 1.77 bits per heavy atom. The molecular formula is C14H25IN4O2S. The maximum Gasteiger partial charge on any atom is 0.238 e. The zero-order valence-electron chi connectivity index (χ0n) is 13.0. The number of rotatable bonds is 7. The number of hydrogen-bond donors (Lipinski definition) is 3. The smallest absolute Gasteiger partial charge is 0.238 e. The monoisotopic (exact) mass is 440 g/mol. The molecule has 0 bridgehead atoms. The predicted molar refractivity (Wildman–Crippen MR) is 101 cm³/mol. The van der Waals surface area contributed by atoms with Crippen LogP contribution in [-0.2, 0) is 16.4 Å². The first kappa shape index (κ1) is 21.1. The second kappa shape index (κ2) is 10.8. The van der Waals surface area contributed by atoms with Crippen molar-refractivity contribution in [3.63, 3.8) is 0 Å². The molecule has 0 aliphatic rings. The van der Waals surface area contributed by atoms with Gasteiger partial charge in [-0.15, -0.1) is 24.0 Å². The van der Waals surface area contributed by atoms with Gasteiger partial charge in [-0.3, -0.25) is 4.99 Å². The molecule has 0 fully saturated rings. The summed E-state index contributed by atoms with van der Waals surface area (Å²) in [4.78, 5) is 4.27. The van der Waals surface area contributed by atoms with Gasteiger partial charge in [0, 0.05) is 20.1 Å². The minimum absolute atomic E-state index is 0. The van der Waals surface area contributed by atoms with E-state index in [1.165, 1.54) is 12.1 Å². The molecule has 1 rings (SSSR count). The number of benzene rings is 1. The highest BCUT2D eigenvalue weighted by molar-refractivity contribution is 14.0. The van der Waals surface area contributed by atoms with Crippen LogP contribution >= 0.6 is 24.0 Å². The molecule has 0 atom stereocenters. The van der Waals surface area contributed by atoms with Crippen LogP contribution in [0.3, 0.4) is 0 Å². The number of nitrogens with zero attached hydrogens (tertiary/aromatic N) is 1. The lowest BCUT2D eigenvalue weighted by Crippen LogP contribution is -2.38. The Balaban J connectivity index is 0.00000441. The molecular weight excluding hydrogens is 415 g/mol. The van der Waals surface area contributed by atoms with Gasteiger partial charge in [-0.05, 0) is 30.5 Å². The molecule has 0 aromatic heterocycles. The summed E-state index contributed by atoms with van der Waals surface area (Å²) in [6.45, 7) is 3.77. The Hall–Kier alpha value is -0.870. The molecule has 8 heteroatoms. The first-order chi connectivity index (χ1) is 9.97. The van der Waals surface area contributed by atoms with E-state index < -0.39 is 10.0 Å². The quantitative estimate of drug-likeness (QED) is 0.259. The van der Waals surface area contributed by atoms with E-state index in [0.29, 0.717) is 0 Å². The van der Waals surface area contributed by atoms with Gasteiger partial charge in [-0.1, -0.05) is 25.5 Å². The topological polar surface area (TPSA) is 96.6 Å². The number of hydrogen-bond acceptors (Lipinski definition) is 3. The molecule has 1 aromatic carbocycles. The molecule has 0 aliphatic carbocycles. The highest BCUT2D eigenvalue weighted by Gasteiger charge is 2.06. The van der Waals surface area contributed by atoms with Crippen LogP contribution in [0.25, 0.3) is 0 Å². The number of nitrogens with two attached hydrogens (primary N) is 1. The first-order valence-corrected chi connectivity index (χ1v) is 8.58. The fourth-order valence-corrected chi connectivity index (χ4v) is 2.29. The first-order valence-electron chi connectivity index (χ1n) is 7.03. The van der Waals surface area contributed by atoms with Gasteiger partial charge in [-0.2, -0.15) is 0 Å². The number of primary sulfonamides is 1. The van der Waals surface area contributed by atoms with Crippen LogP contribution in [0, 0.1) is 0 Å². The Bertz CT molecular complexity index is 559. The van der Waals surface area contributed by atoms with E-state index >= 15 is 0 Å². The van der Waals surface area contributed by atoms with Crippen LogP contribution in [0.4, 0.5) is 0 Å². The molecule has 22 heavy (non-hydrogen) atoms. The van der Waals surface area contributed by atoms with E-state index in [2.05, 4.69) is 22.5 Å². The number of guanidine groups is 1. The molecule has 126 valence electrons. The van der Waals surface area contributed by atoms with Gasteiger partial charge in [0.05, 0.1) is 4.90 Å². The lowest BCUT2D eigenvalue weighted by Gasteiger charge is -2.11. The number of nitrogens with one attached hydrogen (secondary N) is 2. The number of sulfonamides is 1. The minimum Gasteiger partial charge on any atom is -0.356 e. The maximum absolute atomic E-state index is 11.2. The molecule has 0 amide bonds. The largest absolute Gasteiger partial charge is 0.356 e. The van der Waals surface area contributed by atoms with Gasteiger partial charge in [0.2, 0.25) is 10.0 Å². The molecule has 0 saturated heterocycles. The average molecular weight is 440 g/mol.